The number of benzene rings is 1. The van der Waals surface area contributed by atoms with Crippen LogP contribution >= 0.6 is 0 Å². The number of anilines is 1. The Morgan fingerprint density at radius 3 is 2.88 bits per heavy atom. The molecule has 0 saturated carbocycles. The van der Waals surface area contributed by atoms with E-state index in [2.05, 4.69) is 10.3 Å². The lowest BCUT2D eigenvalue weighted by atomic mass is 10.1. The van der Waals surface area contributed by atoms with Gasteiger partial charge in [-0.1, -0.05) is 0 Å². The molecule has 2 aromatic rings. The molecule has 0 radical (unpaired) electrons. The Labute approximate surface area is 136 Å². The molecule has 3 rings (SSSR count). The molecule has 1 fully saturated rings. The Morgan fingerprint density at radius 2 is 2.21 bits per heavy atom. The van der Waals surface area contributed by atoms with Gasteiger partial charge in [-0.3, -0.25) is 9.59 Å². The van der Waals surface area contributed by atoms with Crippen LogP contribution < -0.4 is 10.2 Å². The molecule has 0 unspecified atom stereocenters. The van der Waals surface area contributed by atoms with Crippen molar-refractivity contribution in [2.75, 3.05) is 11.4 Å². The van der Waals surface area contributed by atoms with Gasteiger partial charge in [0, 0.05) is 18.3 Å². The maximum atomic E-state index is 13.3. The van der Waals surface area contributed by atoms with Crippen molar-refractivity contribution in [2.24, 2.45) is 5.92 Å². The average molecular weight is 335 g/mol. The fourth-order valence-corrected chi connectivity index (χ4v) is 2.62. The zero-order valence-corrected chi connectivity index (χ0v) is 12.9. The summed E-state index contributed by atoms with van der Waals surface area (Å²) in [5.74, 6) is -3.14. The zero-order chi connectivity index (χ0) is 17.3. The Hall–Kier alpha value is -2.77. The van der Waals surface area contributed by atoms with Crippen molar-refractivity contribution in [3.63, 3.8) is 0 Å². The summed E-state index contributed by atoms with van der Waals surface area (Å²) >= 11 is 0. The molecule has 24 heavy (non-hydrogen) atoms. The molecule has 2 amide bonds. The molecule has 1 saturated heterocycles. The number of amides is 2. The predicted octanol–water partition coefficient (Wildman–Crippen LogP) is 1.93. The summed E-state index contributed by atoms with van der Waals surface area (Å²) in [4.78, 5) is 29.8. The molecule has 6 nitrogen and oxygen atoms in total. The van der Waals surface area contributed by atoms with Crippen LogP contribution in [0.3, 0.4) is 0 Å². The van der Waals surface area contributed by atoms with E-state index in [0.29, 0.717) is 17.9 Å². The lowest BCUT2D eigenvalue weighted by Crippen LogP contribution is -2.36. The summed E-state index contributed by atoms with van der Waals surface area (Å²) in [5.41, 5.74) is 0.827. The Balaban J connectivity index is 1.66. The summed E-state index contributed by atoms with van der Waals surface area (Å²) in [6, 6.07) is 3.22. The normalized spacial score (nSPS) is 17.4. The molecule has 2 heterocycles. The third kappa shape index (κ3) is 2.99. The fourth-order valence-electron chi connectivity index (χ4n) is 2.62. The number of aryl methyl sites for hydroxylation is 1. The van der Waals surface area contributed by atoms with Gasteiger partial charge in [-0.05, 0) is 25.5 Å². The van der Waals surface area contributed by atoms with E-state index in [4.69, 9.17) is 4.42 Å². The van der Waals surface area contributed by atoms with Crippen molar-refractivity contribution in [1.29, 1.82) is 0 Å². The average Bonchev–Trinajstić information content (AvgIpc) is 3.14. The first kappa shape index (κ1) is 16.1. The lowest BCUT2D eigenvalue weighted by molar-refractivity contribution is -0.132. The van der Waals surface area contributed by atoms with Gasteiger partial charge >= 0.3 is 0 Å². The fraction of sp³-hybridized carbons (Fsp3) is 0.312. The third-order valence-electron chi connectivity index (χ3n) is 4.01. The van der Waals surface area contributed by atoms with Crippen molar-refractivity contribution >= 4 is 17.5 Å². The summed E-state index contributed by atoms with van der Waals surface area (Å²) in [6.07, 6.45) is 1.59. The van der Waals surface area contributed by atoms with Crippen LogP contribution in [0.15, 0.2) is 29.0 Å². The van der Waals surface area contributed by atoms with E-state index in [1.807, 2.05) is 0 Å². The first-order chi connectivity index (χ1) is 11.5. The molecule has 1 N–H and O–H groups in total. The highest BCUT2D eigenvalue weighted by Crippen LogP contribution is 2.26. The summed E-state index contributed by atoms with van der Waals surface area (Å²) < 4.78 is 31.4. The lowest BCUT2D eigenvalue weighted by Gasteiger charge is -2.17. The second-order valence-electron chi connectivity index (χ2n) is 5.50. The van der Waals surface area contributed by atoms with Crippen molar-refractivity contribution < 1.29 is 22.8 Å². The summed E-state index contributed by atoms with van der Waals surface area (Å²) in [6.45, 7) is 2.15. The number of aromatic nitrogens is 1. The molecule has 126 valence electrons. The SMILES string of the molecule is Cc1ocnc1CNC(=O)[C@H]1CCN(c2ccc(F)c(F)c2)C1=O. The van der Waals surface area contributed by atoms with E-state index in [-0.39, 0.29) is 18.8 Å². The van der Waals surface area contributed by atoms with Crippen molar-refractivity contribution in [3.05, 3.63) is 47.7 Å². The number of halogens is 2. The van der Waals surface area contributed by atoms with Crippen LogP contribution in [0.5, 0.6) is 0 Å². The van der Waals surface area contributed by atoms with Crippen molar-refractivity contribution in [1.82, 2.24) is 10.3 Å². The molecule has 0 spiro atoms. The van der Waals surface area contributed by atoms with E-state index >= 15 is 0 Å². The van der Waals surface area contributed by atoms with E-state index in [0.717, 1.165) is 12.1 Å². The Kier molecular flexibility index (Phi) is 4.28. The maximum absolute atomic E-state index is 13.3. The van der Waals surface area contributed by atoms with Crippen molar-refractivity contribution in [2.45, 2.75) is 19.9 Å². The topological polar surface area (TPSA) is 75.4 Å². The molecular formula is C16H15F2N3O3. The van der Waals surface area contributed by atoms with E-state index < -0.39 is 29.4 Å². The zero-order valence-electron chi connectivity index (χ0n) is 12.9. The minimum atomic E-state index is -1.03. The standard InChI is InChI=1S/C16H15F2N3O3/c1-9-14(20-8-24-9)7-19-15(22)11-4-5-21(16(11)23)10-2-3-12(17)13(18)6-10/h2-3,6,8,11H,4-5,7H2,1H3,(H,19,22)/t11-/m1/s1. The van der Waals surface area contributed by atoms with Gasteiger partial charge in [0.05, 0.1) is 6.54 Å². The number of hydrogen-bond donors (Lipinski definition) is 1. The molecule has 0 bridgehead atoms. The molecule has 0 aliphatic carbocycles. The van der Waals surface area contributed by atoms with Gasteiger partial charge in [0.1, 0.15) is 17.4 Å². The highest BCUT2D eigenvalue weighted by atomic mass is 19.2. The number of nitrogens with one attached hydrogen (secondary N) is 1. The van der Waals surface area contributed by atoms with Crippen LogP contribution in [0.1, 0.15) is 17.9 Å². The third-order valence-corrected chi connectivity index (χ3v) is 4.01. The molecule has 1 aliphatic rings. The number of carbonyl (C=O) groups excluding carboxylic acids is 2. The number of rotatable bonds is 4. The minimum absolute atomic E-state index is 0.163. The molecule has 1 atom stereocenters. The van der Waals surface area contributed by atoms with Gasteiger partial charge in [-0.25, -0.2) is 13.8 Å². The molecule has 1 aromatic heterocycles. The Bertz CT molecular complexity index is 791. The molecular weight excluding hydrogens is 320 g/mol. The van der Waals surface area contributed by atoms with Gasteiger partial charge < -0.3 is 14.6 Å². The second kappa shape index (κ2) is 6.38. The first-order valence-corrected chi connectivity index (χ1v) is 7.40. The van der Waals surface area contributed by atoms with Crippen LogP contribution in [0.4, 0.5) is 14.5 Å². The van der Waals surface area contributed by atoms with Gasteiger partial charge in [0.25, 0.3) is 0 Å². The highest BCUT2D eigenvalue weighted by Gasteiger charge is 2.37. The minimum Gasteiger partial charge on any atom is -0.448 e. The predicted molar refractivity (Wildman–Crippen MR) is 79.9 cm³/mol. The highest BCUT2D eigenvalue weighted by molar-refractivity contribution is 6.09. The quantitative estimate of drug-likeness (QED) is 0.867. The smallest absolute Gasteiger partial charge is 0.239 e. The van der Waals surface area contributed by atoms with Crippen LogP contribution in [-0.4, -0.2) is 23.3 Å². The van der Waals surface area contributed by atoms with Gasteiger partial charge in [-0.15, -0.1) is 0 Å². The number of carbonyl (C=O) groups is 2. The maximum Gasteiger partial charge on any atom is 0.239 e. The number of nitrogens with zero attached hydrogens (tertiary/aromatic N) is 2. The second-order valence-corrected chi connectivity index (χ2v) is 5.50. The largest absolute Gasteiger partial charge is 0.448 e. The van der Waals surface area contributed by atoms with Crippen LogP contribution in [0.25, 0.3) is 0 Å². The van der Waals surface area contributed by atoms with Crippen molar-refractivity contribution in [3.8, 4) is 0 Å². The van der Waals surface area contributed by atoms with E-state index in [1.165, 1.54) is 17.4 Å². The number of oxazole rings is 1. The molecule has 1 aliphatic heterocycles. The molecule has 1 aromatic carbocycles. The van der Waals surface area contributed by atoms with Gasteiger partial charge in [0.15, 0.2) is 18.0 Å². The van der Waals surface area contributed by atoms with Crippen LogP contribution in [0.2, 0.25) is 0 Å². The van der Waals surface area contributed by atoms with E-state index in [9.17, 15) is 18.4 Å². The van der Waals surface area contributed by atoms with Gasteiger partial charge in [0.2, 0.25) is 11.8 Å². The summed E-state index contributed by atoms with van der Waals surface area (Å²) in [5, 5.41) is 2.65. The van der Waals surface area contributed by atoms with E-state index in [1.54, 1.807) is 6.92 Å². The monoisotopic (exact) mass is 335 g/mol. The van der Waals surface area contributed by atoms with Gasteiger partial charge in [-0.2, -0.15) is 0 Å². The Morgan fingerprint density at radius 1 is 1.42 bits per heavy atom. The number of hydrogen-bond acceptors (Lipinski definition) is 4. The molecule has 8 heteroatoms. The van der Waals surface area contributed by atoms with Crippen LogP contribution in [-0.2, 0) is 16.1 Å². The van der Waals surface area contributed by atoms with Crippen LogP contribution in [0, 0.1) is 24.5 Å². The summed E-state index contributed by atoms with van der Waals surface area (Å²) in [7, 11) is 0. The first-order valence-electron chi connectivity index (χ1n) is 7.40.